The van der Waals surface area contributed by atoms with Gasteiger partial charge in [-0.2, -0.15) is 0 Å². The highest BCUT2D eigenvalue weighted by molar-refractivity contribution is 5.99. The SMILES string of the molecule is CN(C)C(=O)c1c(O)cc(O)cc1O. The predicted molar refractivity (Wildman–Crippen MR) is 49.5 cm³/mol. The number of rotatable bonds is 1. The molecule has 3 N–H and O–H groups in total. The first kappa shape index (κ1) is 10.2. The maximum atomic E-state index is 11.4. The lowest BCUT2D eigenvalue weighted by atomic mass is 10.1. The van der Waals surface area contributed by atoms with Gasteiger partial charge in [0.2, 0.25) is 0 Å². The molecule has 0 fully saturated rings. The molecule has 0 heterocycles. The van der Waals surface area contributed by atoms with Crippen LogP contribution in [0.5, 0.6) is 17.2 Å². The lowest BCUT2D eigenvalue weighted by molar-refractivity contribution is 0.0821. The van der Waals surface area contributed by atoms with Crippen LogP contribution in [-0.2, 0) is 0 Å². The summed E-state index contributed by atoms with van der Waals surface area (Å²) in [6, 6.07) is 1.99. The molecule has 0 unspecified atom stereocenters. The summed E-state index contributed by atoms with van der Waals surface area (Å²) in [5.41, 5.74) is -0.215. The van der Waals surface area contributed by atoms with Gasteiger partial charge in [-0.05, 0) is 0 Å². The van der Waals surface area contributed by atoms with Gasteiger partial charge in [0.05, 0.1) is 0 Å². The molecule has 0 aliphatic heterocycles. The molecule has 0 aliphatic rings. The minimum Gasteiger partial charge on any atom is -0.508 e. The second-order valence-electron chi connectivity index (χ2n) is 3.06. The van der Waals surface area contributed by atoms with Crippen molar-refractivity contribution in [1.82, 2.24) is 4.90 Å². The summed E-state index contributed by atoms with van der Waals surface area (Å²) in [6.45, 7) is 0. The average molecular weight is 197 g/mol. The van der Waals surface area contributed by atoms with Crippen LogP contribution in [-0.4, -0.2) is 40.2 Å². The van der Waals surface area contributed by atoms with Gasteiger partial charge in [-0.3, -0.25) is 4.79 Å². The predicted octanol–water partition coefficient (Wildman–Crippen LogP) is 0.505. The Hall–Kier alpha value is -1.91. The Labute approximate surface area is 80.8 Å². The summed E-state index contributed by atoms with van der Waals surface area (Å²) in [5.74, 6) is -1.71. The number of benzene rings is 1. The molecule has 0 aromatic heterocycles. The van der Waals surface area contributed by atoms with Crippen LogP contribution in [0.3, 0.4) is 0 Å². The van der Waals surface area contributed by atoms with Gasteiger partial charge < -0.3 is 20.2 Å². The third-order valence-electron chi connectivity index (χ3n) is 1.70. The Kier molecular flexibility index (Phi) is 2.51. The molecule has 5 nitrogen and oxygen atoms in total. The Morgan fingerprint density at radius 1 is 1.14 bits per heavy atom. The van der Waals surface area contributed by atoms with E-state index >= 15 is 0 Å². The number of phenolic OH excluding ortho intramolecular Hbond substituents is 3. The van der Waals surface area contributed by atoms with Crippen molar-refractivity contribution in [3.8, 4) is 17.2 Å². The molecular formula is C9H11NO4. The zero-order chi connectivity index (χ0) is 10.9. The molecule has 5 heteroatoms. The van der Waals surface area contributed by atoms with Crippen LogP contribution in [0.15, 0.2) is 12.1 Å². The maximum absolute atomic E-state index is 11.4. The summed E-state index contributed by atoms with van der Waals surface area (Å²) in [4.78, 5) is 12.6. The van der Waals surface area contributed by atoms with E-state index in [0.717, 1.165) is 12.1 Å². The number of carbonyl (C=O) groups excluding carboxylic acids is 1. The highest BCUT2D eigenvalue weighted by Gasteiger charge is 2.18. The van der Waals surface area contributed by atoms with Crippen LogP contribution >= 0.6 is 0 Å². The van der Waals surface area contributed by atoms with Crippen molar-refractivity contribution in [3.05, 3.63) is 17.7 Å². The van der Waals surface area contributed by atoms with E-state index in [0.29, 0.717) is 0 Å². The minimum absolute atomic E-state index is 0.215. The van der Waals surface area contributed by atoms with E-state index < -0.39 is 17.4 Å². The highest BCUT2D eigenvalue weighted by atomic mass is 16.3. The van der Waals surface area contributed by atoms with Crippen molar-refractivity contribution in [2.75, 3.05) is 14.1 Å². The largest absolute Gasteiger partial charge is 0.508 e. The van der Waals surface area contributed by atoms with E-state index in [4.69, 9.17) is 5.11 Å². The van der Waals surface area contributed by atoms with Crippen molar-refractivity contribution in [2.45, 2.75) is 0 Å². The van der Waals surface area contributed by atoms with E-state index in [1.807, 2.05) is 0 Å². The van der Waals surface area contributed by atoms with Gasteiger partial charge in [0, 0.05) is 26.2 Å². The number of carbonyl (C=O) groups is 1. The number of aromatic hydroxyl groups is 3. The molecule has 0 atom stereocenters. The first-order chi connectivity index (χ1) is 6.43. The molecule has 14 heavy (non-hydrogen) atoms. The number of phenols is 3. The summed E-state index contributed by atoms with van der Waals surface area (Å²) >= 11 is 0. The maximum Gasteiger partial charge on any atom is 0.260 e. The van der Waals surface area contributed by atoms with Crippen LogP contribution < -0.4 is 0 Å². The lowest BCUT2D eigenvalue weighted by Crippen LogP contribution is -2.21. The van der Waals surface area contributed by atoms with Crippen molar-refractivity contribution >= 4 is 5.91 Å². The molecule has 0 aliphatic carbocycles. The second kappa shape index (κ2) is 3.45. The van der Waals surface area contributed by atoms with Crippen molar-refractivity contribution in [2.24, 2.45) is 0 Å². The number of hydrogen-bond donors (Lipinski definition) is 3. The van der Waals surface area contributed by atoms with E-state index in [-0.39, 0.29) is 11.3 Å². The van der Waals surface area contributed by atoms with Crippen molar-refractivity contribution in [1.29, 1.82) is 0 Å². The van der Waals surface area contributed by atoms with Gasteiger partial charge in [-0.1, -0.05) is 0 Å². The topological polar surface area (TPSA) is 81.0 Å². The minimum atomic E-state index is -0.528. The fraction of sp³-hybridized carbons (Fsp3) is 0.222. The van der Waals surface area contributed by atoms with Gasteiger partial charge in [0.1, 0.15) is 22.8 Å². The third kappa shape index (κ3) is 1.71. The van der Waals surface area contributed by atoms with Crippen LogP contribution in [0.25, 0.3) is 0 Å². The summed E-state index contributed by atoms with van der Waals surface area (Å²) in [5, 5.41) is 27.6. The van der Waals surface area contributed by atoms with Gasteiger partial charge in [0.15, 0.2) is 0 Å². The number of hydrogen-bond acceptors (Lipinski definition) is 4. The van der Waals surface area contributed by atoms with Crippen molar-refractivity contribution in [3.63, 3.8) is 0 Å². The van der Waals surface area contributed by atoms with Gasteiger partial charge in [0.25, 0.3) is 5.91 Å². The monoisotopic (exact) mass is 197 g/mol. The van der Waals surface area contributed by atoms with Gasteiger partial charge >= 0.3 is 0 Å². The molecule has 0 bridgehead atoms. The lowest BCUT2D eigenvalue weighted by Gasteiger charge is -2.12. The molecule has 0 radical (unpaired) electrons. The van der Waals surface area contributed by atoms with E-state index in [2.05, 4.69) is 0 Å². The molecule has 0 saturated heterocycles. The molecule has 1 aromatic rings. The summed E-state index contributed by atoms with van der Waals surface area (Å²) in [6.07, 6.45) is 0. The Morgan fingerprint density at radius 3 is 1.93 bits per heavy atom. The van der Waals surface area contributed by atoms with Crippen LogP contribution in [0.4, 0.5) is 0 Å². The van der Waals surface area contributed by atoms with E-state index in [1.165, 1.54) is 19.0 Å². The van der Waals surface area contributed by atoms with E-state index in [1.54, 1.807) is 0 Å². The second-order valence-corrected chi connectivity index (χ2v) is 3.06. The van der Waals surface area contributed by atoms with Crippen LogP contribution in [0.2, 0.25) is 0 Å². The zero-order valence-electron chi connectivity index (χ0n) is 7.85. The fourth-order valence-electron chi connectivity index (χ4n) is 1.04. The Bertz CT molecular complexity index is 350. The highest BCUT2D eigenvalue weighted by Crippen LogP contribution is 2.32. The number of nitrogens with zero attached hydrogens (tertiary/aromatic N) is 1. The summed E-state index contributed by atoms with van der Waals surface area (Å²) < 4.78 is 0. The van der Waals surface area contributed by atoms with Crippen LogP contribution in [0.1, 0.15) is 10.4 Å². The van der Waals surface area contributed by atoms with Crippen LogP contribution in [0, 0.1) is 0 Å². The fourth-order valence-corrected chi connectivity index (χ4v) is 1.04. The Balaban J connectivity index is 3.28. The average Bonchev–Trinajstić information content (AvgIpc) is 2.01. The van der Waals surface area contributed by atoms with Gasteiger partial charge in [-0.25, -0.2) is 0 Å². The zero-order valence-corrected chi connectivity index (χ0v) is 7.85. The first-order valence-electron chi connectivity index (χ1n) is 3.90. The molecular weight excluding hydrogens is 186 g/mol. The molecule has 1 rings (SSSR count). The molecule has 76 valence electrons. The molecule has 1 amide bonds. The number of amides is 1. The quantitative estimate of drug-likeness (QED) is 0.612. The van der Waals surface area contributed by atoms with Gasteiger partial charge in [-0.15, -0.1) is 0 Å². The molecule has 0 saturated carbocycles. The molecule has 0 spiro atoms. The normalized spacial score (nSPS) is 9.86. The smallest absolute Gasteiger partial charge is 0.260 e. The first-order valence-corrected chi connectivity index (χ1v) is 3.90. The Morgan fingerprint density at radius 2 is 1.57 bits per heavy atom. The standard InChI is InChI=1S/C9H11NO4/c1-10(2)9(14)8-6(12)3-5(11)4-7(8)13/h3-4,11-13H,1-2H3. The summed E-state index contributed by atoms with van der Waals surface area (Å²) in [7, 11) is 2.99. The van der Waals surface area contributed by atoms with Crippen molar-refractivity contribution < 1.29 is 20.1 Å². The van der Waals surface area contributed by atoms with E-state index in [9.17, 15) is 15.0 Å². The third-order valence-corrected chi connectivity index (χ3v) is 1.70. The molecule has 1 aromatic carbocycles.